The number of hydrogen-bond donors (Lipinski definition) is 2. The van der Waals surface area contributed by atoms with Crippen molar-refractivity contribution >= 4 is 17.9 Å². The van der Waals surface area contributed by atoms with Crippen LogP contribution in [0.15, 0.2) is 42.9 Å². The van der Waals surface area contributed by atoms with Gasteiger partial charge in [0.2, 0.25) is 11.8 Å². The summed E-state index contributed by atoms with van der Waals surface area (Å²) in [6, 6.07) is 5.57. The fourth-order valence-electron chi connectivity index (χ4n) is 3.11. The molecule has 0 saturated carbocycles. The average Bonchev–Trinajstić information content (AvgIpc) is 3.28. The third-order valence-electron chi connectivity index (χ3n) is 4.66. The summed E-state index contributed by atoms with van der Waals surface area (Å²) in [4.78, 5) is 23.0. The van der Waals surface area contributed by atoms with Crippen molar-refractivity contribution in [2.45, 2.75) is 26.3 Å². The number of carbonyl (C=O) groups excluding carboxylic acids is 1. The minimum absolute atomic E-state index is 0.0549. The van der Waals surface area contributed by atoms with Gasteiger partial charge < -0.3 is 15.4 Å². The smallest absolute Gasteiger partial charge is 0.253 e. The van der Waals surface area contributed by atoms with Crippen LogP contribution in [-0.2, 0) is 0 Å². The van der Waals surface area contributed by atoms with Crippen LogP contribution in [0.1, 0.15) is 34.8 Å². The first-order chi connectivity index (χ1) is 14.6. The van der Waals surface area contributed by atoms with Gasteiger partial charge in [-0.2, -0.15) is 20.0 Å². The van der Waals surface area contributed by atoms with Gasteiger partial charge in [0.05, 0.1) is 29.2 Å². The van der Waals surface area contributed by atoms with Crippen LogP contribution in [0.25, 0.3) is 11.8 Å². The molecule has 9 nitrogen and oxygen atoms in total. The Morgan fingerprint density at radius 3 is 2.97 bits per heavy atom. The molecule has 0 radical (unpaired) electrons. The van der Waals surface area contributed by atoms with Crippen molar-refractivity contribution in [3.63, 3.8) is 0 Å². The normalized spacial score (nSPS) is 13.3. The highest BCUT2D eigenvalue weighted by Gasteiger charge is 2.16. The molecule has 0 fully saturated rings. The lowest BCUT2D eigenvalue weighted by atomic mass is 10.1. The first-order valence-electron chi connectivity index (χ1n) is 9.78. The van der Waals surface area contributed by atoms with Crippen molar-refractivity contribution in [2.24, 2.45) is 0 Å². The molecule has 0 aliphatic carbocycles. The predicted octanol–water partition coefficient (Wildman–Crippen LogP) is 2.39. The molecule has 30 heavy (non-hydrogen) atoms. The van der Waals surface area contributed by atoms with Crippen LogP contribution >= 0.6 is 0 Å². The molecule has 1 atom stereocenters. The number of ether oxygens (including phenoxy) is 1. The van der Waals surface area contributed by atoms with Gasteiger partial charge in [0, 0.05) is 18.8 Å². The molecule has 154 valence electrons. The quantitative estimate of drug-likeness (QED) is 0.621. The number of carbonyl (C=O) groups is 1. The summed E-state index contributed by atoms with van der Waals surface area (Å²) in [6.45, 7) is 5.03. The van der Waals surface area contributed by atoms with Crippen LogP contribution in [-0.4, -0.2) is 50.1 Å². The number of fused-ring (bicyclic) bond motifs is 1. The molecule has 1 aliphatic rings. The van der Waals surface area contributed by atoms with E-state index >= 15 is 0 Å². The summed E-state index contributed by atoms with van der Waals surface area (Å²) in [5.74, 6) is 0.924. The van der Waals surface area contributed by atoms with Gasteiger partial charge in [-0.05, 0) is 44.6 Å². The second-order valence-electron chi connectivity index (χ2n) is 7.10. The Bertz CT molecular complexity index is 1060. The number of nitrogens with one attached hydrogen (secondary N) is 2. The maximum Gasteiger partial charge on any atom is 0.253 e. The maximum absolute atomic E-state index is 12.9. The van der Waals surface area contributed by atoms with Gasteiger partial charge >= 0.3 is 0 Å². The largest absolute Gasteiger partial charge is 0.473 e. The fourth-order valence-corrected chi connectivity index (χ4v) is 3.11. The molecule has 4 rings (SSSR count). The lowest BCUT2D eigenvalue weighted by Gasteiger charge is -2.17. The Morgan fingerprint density at radius 1 is 1.30 bits per heavy atom. The molecule has 2 N–H and O–H groups in total. The Kier molecular flexibility index (Phi) is 5.69. The second kappa shape index (κ2) is 8.73. The summed E-state index contributed by atoms with van der Waals surface area (Å²) >= 11 is 0. The van der Waals surface area contributed by atoms with E-state index in [1.54, 1.807) is 18.6 Å². The lowest BCUT2D eigenvalue weighted by molar-refractivity contribution is 0.0938. The van der Waals surface area contributed by atoms with Crippen LogP contribution in [0.3, 0.4) is 0 Å². The Morgan fingerprint density at radius 2 is 2.13 bits per heavy atom. The molecule has 1 aromatic carbocycles. The Hall–Kier alpha value is -3.75. The summed E-state index contributed by atoms with van der Waals surface area (Å²) in [6.07, 6.45) is 9.46. The first-order valence-corrected chi connectivity index (χ1v) is 9.78. The van der Waals surface area contributed by atoms with Crippen molar-refractivity contribution in [1.29, 1.82) is 0 Å². The van der Waals surface area contributed by atoms with Crippen LogP contribution < -0.4 is 15.4 Å². The van der Waals surface area contributed by atoms with Gasteiger partial charge in [0.25, 0.3) is 5.91 Å². The predicted molar refractivity (Wildman–Crippen MR) is 113 cm³/mol. The molecular formula is C21H23N7O2. The summed E-state index contributed by atoms with van der Waals surface area (Å²) in [7, 11) is 0. The highest BCUT2D eigenvalue weighted by molar-refractivity contribution is 5.98. The molecule has 0 unspecified atom stereocenters. The molecular weight excluding hydrogens is 382 g/mol. The van der Waals surface area contributed by atoms with E-state index in [0.717, 1.165) is 11.1 Å². The van der Waals surface area contributed by atoms with E-state index in [9.17, 15) is 4.79 Å². The average molecular weight is 405 g/mol. The molecule has 0 saturated heterocycles. The number of anilines is 1. The van der Waals surface area contributed by atoms with E-state index in [1.807, 2.05) is 44.2 Å². The summed E-state index contributed by atoms with van der Waals surface area (Å²) in [5.41, 5.74) is 3.04. The lowest BCUT2D eigenvalue weighted by Crippen LogP contribution is -2.34. The number of amides is 1. The molecule has 1 amide bonds. The van der Waals surface area contributed by atoms with Gasteiger partial charge in [-0.1, -0.05) is 11.6 Å². The minimum Gasteiger partial charge on any atom is -0.473 e. The summed E-state index contributed by atoms with van der Waals surface area (Å²) in [5, 5.41) is 14.5. The second-order valence-corrected chi connectivity index (χ2v) is 7.10. The topological polar surface area (TPSA) is 107 Å². The van der Waals surface area contributed by atoms with E-state index in [1.165, 1.54) is 4.80 Å². The van der Waals surface area contributed by atoms with Gasteiger partial charge in [-0.25, -0.2) is 4.98 Å². The van der Waals surface area contributed by atoms with Crippen molar-refractivity contribution in [3.05, 3.63) is 59.6 Å². The van der Waals surface area contributed by atoms with Crippen LogP contribution in [0, 0.1) is 6.92 Å². The highest BCUT2D eigenvalue weighted by atomic mass is 16.5. The maximum atomic E-state index is 12.9. The molecule has 1 aliphatic heterocycles. The SMILES string of the molecule is Cc1ccc(-n2nccn2)c(C(=O)N[C@H](C)CCNc2ncc3c(n2)OCC=C3)c1. The zero-order chi connectivity index (χ0) is 20.9. The number of benzene rings is 1. The van der Waals surface area contributed by atoms with Crippen LogP contribution in [0.5, 0.6) is 5.88 Å². The highest BCUT2D eigenvalue weighted by Crippen LogP contribution is 2.21. The van der Waals surface area contributed by atoms with Gasteiger partial charge in [0.1, 0.15) is 6.61 Å². The van der Waals surface area contributed by atoms with E-state index in [2.05, 4.69) is 30.8 Å². The third-order valence-corrected chi connectivity index (χ3v) is 4.66. The van der Waals surface area contributed by atoms with Crippen LogP contribution in [0.2, 0.25) is 0 Å². The molecule has 2 aromatic heterocycles. The monoisotopic (exact) mass is 405 g/mol. The van der Waals surface area contributed by atoms with Crippen LogP contribution in [0.4, 0.5) is 5.95 Å². The fraction of sp³-hybridized carbons (Fsp3) is 0.286. The third kappa shape index (κ3) is 4.45. The number of aryl methyl sites for hydroxylation is 1. The van der Waals surface area contributed by atoms with E-state index in [4.69, 9.17) is 4.74 Å². The zero-order valence-corrected chi connectivity index (χ0v) is 16.9. The Labute approximate surface area is 174 Å². The number of nitrogens with zero attached hydrogens (tertiary/aromatic N) is 5. The van der Waals surface area contributed by atoms with E-state index < -0.39 is 0 Å². The van der Waals surface area contributed by atoms with Crippen molar-refractivity contribution in [3.8, 4) is 11.6 Å². The minimum atomic E-state index is -0.163. The summed E-state index contributed by atoms with van der Waals surface area (Å²) < 4.78 is 5.50. The molecule has 0 spiro atoms. The van der Waals surface area contributed by atoms with E-state index in [0.29, 0.717) is 42.7 Å². The van der Waals surface area contributed by atoms with Crippen molar-refractivity contribution < 1.29 is 9.53 Å². The van der Waals surface area contributed by atoms with Crippen molar-refractivity contribution in [2.75, 3.05) is 18.5 Å². The number of aromatic nitrogens is 5. The molecule has 3 aromatic rings. The van der Waals surface area contributed by atoms with Gasteiger partial charge in [-0.3, -0.25) is 4.79 Å². The van der Waals surface area contributed by atoms with Gasteiger partial charge in [-0.15, -0.1) is 0 Å². The number of hydrogen-bond acceptors (Lipinski definition) is 7. The molecule has 3 heterocycles. The standard InChI is InChI=1S/C21H23N7O2/c1-14-5-6-18(28-24-9-10-25-28)17(12-14)19(29)26-15(2)7-8-22-21-23-13-16-4-3-11-30-20(16)27-21/h3-6,9-10,12-13,15H,7-8,11H2,1-2H3,(H,26,29)(H,22,23,27)/t15-/m1/s1. The Balaban J connectivity index is 1.34. The first kappa shape index (κ1) is 19.6. The molecule has 0 bridgehead atoms. The van der Waals surface area contributed by atoms with Crippen molar-refractivity contribution in [1.82, 2.24) is 30.3 Å². The number of rotatable bonds is 7. The molecule has 9 heteroatoms. The van der Waals surface area contributed by atoms with Gasteiger partial charge in [0.15, 0.2) is 0 Å². The van der Waals surface area contributed by atoms with E-state index in [-0.39, 0.29) is 11.9 Å². The zero-order valence-electron chi connectivity index (χ0n) is 16.9.